The summed E-state index contributed by atoms with van der Waals surface area (Å²) in [7, 11) is 0. The molecule has 96 valence electrons. The third-order valence-corrected chi connectivity index (χ3v) is 3.98. The van der Waals surface area contributed by atoms with Crippen molar-refractivity contribution in [3.05, 3.63) is 28.8 Å². The van der Waals surface area contributed by atoms with Gasteiger partial charge in [0.1, 0.15) is 5.69 Å². The monoisotopic (exact) mass is 269 g/mol. The number of carbonyl (C=O) groups is 1. The van der Waals surface area contributed by atoms with Gasteiger partial charge in [0.05, 0.1) is 11.2 Å². The van der Waals surface area contributed by atoms with Gasteiger partial charge in [0.2, 0.25) is 0 Å². The molecule has 3 rings (SSSR count). The molecule has 6 heteroatoms. The van der Waals surface area contributed by atoms with Crippen LogP contribution in [0.3, 0.4) is 0 Å². The first kappa shape index (κ1) is 11.9. The second kappa shape index (κ2) is 4.48. The van der Waals surface area contributed by atoms with Gasteiger partial charge < -0.3 is 10.2 Å². The molecule has 18 heavy (non-hydrogen) atoms. The molecule has 1 aromatic rings. The molecular weight excluding hydrogens is 257 g/mol. The summed E-state index contributed by atoms with van der Waals surface area (Å²) in [5, 5.41) is 2.87. The van der Waals surface area contributed by atoms with E-state index in [0.717, 1.165) is 32.3 Å². The molecule has 1 N–H and O–H groups in total. The molecule has 2 aliphatic rings. The number of halogens is 2. The SMILES string of the molecule is O=C(NC1CN2CCC1C2)c1cc(Cl)c(F)cn1. The minimum atomic E-state index is -0.612. The number of rotatable bonds is 2. The minimum Gasteiger partial charge on any atom is -0.346 e. The van der Waals surface area contributed by atoms with Crippen molar-refractivity contribution in [1.29, 1.82) is 0 Å². The van der Waals surface area contributed by atoms with Crippen molar-refractivity contribution in [2.24, 2.45) is 5.92 Å². The van der Waals surface area contributed by atoms with Gasteiger partial charge in [0.15, 0.2) is 5.82 Å². The lowest BCUT2D eigenvalue weighted by atomic mass is 10.00. The van der Waals surface area contributed by atoms with E-state index in [1.807, 2.05) is 0 Å². The number of hydrogen-bond donors (Lipinski definition) is 1. The number of nitrogens with one attached hydrogen (secondary N) is 1. The highest BCUT2D eigenvalue weighted by molar-refractivity contribution is 6.31. The van der Waals surface area contributed by atoms with Crippen molar-refractivity contribution in [3.8, 4) is 0 Å². The number of amides is 1. The molecule has 0 radical (unpaired) electrons. The number of nitrogens with zero attached hydrogens (tertiary/aromatic N) is 2. The van der Waals surface area contributed by atoms with Gasteiger partial charge in [-0.05, 0) is 24.9 Å². The standard InChI is InChI=1S/C12H13ClFN3O/c13-8-3-10(15-4-9(8)14)12(18)16-11-6-17-2-1-7(11)5-17/h3-4,7,11H,1-2,5-6H2,(H,16,18). The van der Waals surface area contributed by atoms with Crippen LogP contribution in [0.5, 0.6) is 0 Å². The third kappa shape index (κ3) is 2.08. The van der Waals surface area contributed by atoms with Crippen molar-refractivity contribution in [3.63, 3.8) is 0 Å². The van der Waals surface area contributed by atoms with E-state index in [1.165, 1.54) is 6.07 Å². The van der Waals surface area contributed by atoms with Crippen LogP contribution in [0.15, 0.2) is 12.3 Å². The fraction of sp³-hybridized carbons (Fsp3) is 0.500. The zero-order valence-electron chi connectivity index (χ0n) is 9.70. The maximum atomic E-state index is 13.0. The topological polar surface area (TPSA) is 45.2 Å². The number of hydrogen-bond acceptors (Lipinski definition) is 3. The Hall–Kier alpha value is -1.20. The Morgan fingerprint density at radius 2 is 2.39 bits per heavy atom. The van der Waals surface area contributed by atoms with E-state index in [2.05, 4.69) is 15.2 Å². The van der Waals surface area contributed by atoms with Crippen LogP contribution in [-0.2, 0) is 0 Å². The van der Waals surface area contributed by atoms with Crippen LogP contribution in [0.4, 0.5) is 4.39 Å². The van der Waals surface area contributed by atoms with E-state index in [0.29, 0.717) is 5.92 Å². The van der Waals surface area contributed by atoms with E-state index in [1.54, 1.807) is 0 Å². The smallest absolute Gasteiger partial charge is 0.270 e. The summed E-state index contributed by atoms with van der Waals surface area (Å²) in [5.74, 6) is -0.361. The molecule has 3 atom stereocenters. The number of carbonyl (C=O) groups excluding carboxylic acids is 1. The molecule has 0 aromatic carbocycles. The van der Waals surface area contributed by atoms with E-state index < -0.39 is 5.82 Å². The molecule has 1 amide bonds. The Labute approximate surface area is 109 Å². The Kier molecular flexibility index (Phi) is 2.95. The molecule has 2 saturated heterocycles. The maximum Gasteiger partial charge on any atom is 0.270 e. The molecule has 3 unspecified atom stereocenters. The fourth-order valence-corrected chi connectivity index (χ4v) is 2.88. The Morgan fingerprint density at radius 3 is 3.00 bits per heavy atom. The highest BCUT2D eigenvalue weighted by Gasteiger charge is 2.38. The predicted octanol–water partition coefficient (Wildman–Crippen LogP) is 1.31. The molecule has 3 heterocycles. The first-order valence-electron chi connectivity index (χ1n) is 5.98. The summed E-state index contributed by atoms with van der Waals surface area (Å²) in [6.45, 7) is 3.07. The second-order valence-corrected chi connectivity index (χ2v) is 5.28. The summed E-state index contributed by atoms with van der Waals surface area (Å²) in [4.78, 5) is 18.1. The van der Waals surface area contributed by atoms with Crippen molar-refractivity contribution >= 4 is 17.5 Å². The minimum absolute atomic E-state index is 0.0770. The molecule has 0 saturated carbocycles. The summed E-state index contributed by atoms with van der Waals surface area (Å²) in [6.07, 6.45) is 2.10. The summed E-state index contributed by atoms with van der Waals surface area (Å²) in [6, 6.07) is 1.44. The van der Waals surface area contributed by atoms with Crippen LogP contribution >= 0.6 is 11.6 Å². The number of fused-ring (bicyclic) bond motifs is 2. The van der Waals surface area contributed by atoms with Crippen LogP contribution in [0.1, 0.15) is 16.9 Å². The van der Waals surface area contributed by atoms with Crippen molar-refractivity contribution in [2.75, 3.05) is 19.6 Å². The van der Waals surface area contributed by atoms with Crippen LogP contribution in [-0.4, -0.2) is 41.5 Å². The highest BCUT2D eigenvalue weighted by Crippen LogP contribution is 2.27. The molecule has 0 spiro atoms. The number of aromatic nitrogens is 1. The van der Waals surface area contributed by atoms with Gasteiger partial charge in [-0.1, -0.05) is 11.6 Å². The van der Waals surface area contributed by atoms with Crippen molar-refractivity contribution in [1.82, 2.24) is 15.2 Å². The normalized spacial score (nSPS) is 29.6. The van der Waals surface area contributed by atoms with Gasteiger partial charge in [0, 0.05) is 19.1 Å². The molecule has 4 nitrogen and oxygen atoms in total. The first-order chi connectivity index (χ1) is 8.63. The third-order valence-electron chi connectivity index (χ3n) is 3.69. The van der Waals surface area contributed by atoms with Gasteiger partial charge in [-0.2, -0.15) is 0 Å². The largest absolute Gasteiger partial charge is 0.346 e. The lowest BCUT2D eigenvalue weighted by Gasteiger charge is -2.22. The zero-order chi connectivity index (χ0) is 12.7. The second-order valence-electron chi connectivity index (χ2n) is 4.87. The van der Waals surface area contributed by atoms with E-state index in [-0.39, 0.29) is 22.7 Å². The lowest BCUT2D eigenvalue weighted by molar-refractivity contribution is 0.0919. The summed E-state index contributed by atoms with van der Waals surface area (Å²) >= 11 is 5.63. The Balaban J connectivity index is 1.69. The van der Waals surface area contributed by atoms with Gasteiger partial charge in [-0.3, -0.25) is 4.79 Å². The average molecular weight is 270 g/mol. The average Bonchev–Trinajstić information content (AvgIpc) is 2.94. The molecule has 2 aliphatic heterocycles. The maximum absolute atomic E-state index is 13.0. The van der Waals surface area contributed by atoms with Crippen LogP contribution < -0.4 is 5.32 Å². The van der Waals surface area contributed by atoms with Gasteiger partial charge in [-0.25, -0.2) is 9.37 Å². The molecule has 2 fully saturated rings. The van der Waals surface area contributed by atoms with Gasteiger partial charge in [-0.15, -0.1) is 0 Å². The quantitative estimate of drug-likeness (QED) is 0.880. The van der Waals surface area contributed by atoms with Gasteiger partial charge >= 0.3 is 0 Å². The van der Waals surface area contributed by atoms with Crippen molar-refractivity contribution < 1.29 is 9.18 Å². The van der Waals surface area contributed by atoms with E-state index in [4.69, 9.17) is 11.6 Å². The molecule has 1 aromatic heterocycles. The van der Waals surface area contributed by atoms with E-state index >= 15 is 0 Å². The predicted molar refractivity (Wildman–Crippen MR) is 65.0 cm³/mol. The Morgan fingerprint density at radius 1 is 1.56 bits per heavy atom. The van der Waals surface area contributed by atoms with Crippen LogP contribution in [0.2, 0.25) is 5.02 Å². The van der Waals surface area contributed by atoms with E-state index in [9.17, 15) is 9.18 Å². The lowest BCUT2D eigenvalue weighted by Crippen LogP contribution is -2.43. The highest BCUT2D eigenvalue weighted by atomic mass is 35.5. The zero-order valence-corrected chi connectivity index (χ0v) is 10.5. The van der Waals surface area contributed by atoms with Gasteiger partial charge in [0.25, 0.3) is 5.91 Å². The fourth-order valence-electron chi connectivity index (χ4n) is 2.73. The molecular formula is C12H13ClFN3O. The number of pyridine rings is 1. The molecule has 2 bridgehead atoms. The molecule has 0 aliphatic carbocycles. The number of piperidine rings is 1. The first-order valence-corrected chi connectivity index (χ1v) is 6.35. The van der Waals surface area contributed by atoms with Crippen LogP contribution in [0, 0.1) is 11.7 Å². The Bertz CT molecular complexity index is 496. The van der Waals surface area contributed by atoms with Crippen molar-refractivity contribution in [2.45, 2.75) is 12.5 Å². The summed E-state index contributed by atoms with van der Waals surface area (Å²) in [5.41, 5.74) is 0.166. The van der Waals surface area contributed by atoms with Crippen LogP contribution in [0.25, 0.3) is 0 Å². The summed E-state index contributed by atoms with van der Waals surface area (Å²) < 4.78 is 13.0.